The van der Waals surface area contributed by atoms with Crippen LogP contribution in [0.1, 0.15) is 0 Å². The first-order valence-corrected chi connectivity index (χ1v) is 5.22. The number of carbonyl (C=O) groups is 2. The fraction of sp³-hybridized carbons (Fsp3) is 0.273. The van der Waals surface area contributed by atoms with Crippen LogP contribution in [0.15, 0.2) is 18.2 Å². The Labute approximate surface area is 107 Å². The Morgan fingerprint density at radius 3 is 2.68 bits per heavy atom. The van der Waals surface area contributed by atoms with Gasteiger partial charge in [0.1, 0.15) is 11.9 Å². The molecule has 0 heterocycles. The van der Waals surface area contributed by atoms with Crippen molar-refractivity contribution >= 4 is 11.8 Å². The average molecular weight is 274 g/mol. The fourth-order valence-corrected chi connectivity index (χ4v) is 1.10. The molecule has 0 fully saturated rings. The highest BCUT2D eigenvalue weighted by atomic mass is 19.1. The fourth-order valence-electron chi connectivity index (χ4n) is 1.10. The van der Waals surface area contributed by atoms with Gasteiger partial charge in [0.15, 0.2) is 18.2 Å². The number of aliphatic hydroxyl groups is 1. The minimum absolute atomic E-state index is 0.285. The lowest BCUT2D eigenvalue weighted by atomic mass is 10.3. The van der Waals surface area contributed by atoms with E-state index in [2.05, 4.69) is 5.32 Å². The predicted molar refractivity (Wildman–Crippen MR) is 60.1 cm³/mol. The second kappa shape index (κ2) is 6.64. The number of halogens is 2. The van der Waals surface area contributed by atoms with E-state index in [1.165, 1.54) is 0 Å². The summed E-state index contributed by atoms with van der Waals surface area (Å²) in [4.78, 5) is 21.7. The van der Waals surface area contributed by atoms with Crippen molar-refractivity contribution in [1.29, 1.82) is 0 Å². The zero-order valence-corrected chi connectivity index (χ0v) is 9.73. The Morgan fingerprint density at radius 1 is 1.42 bits per heavy atom. The lowest BCUT2D eigenvalue weighted by Gasteiger charge is -2.10. The molecule has 6 nitrogen and oxygen atoms in total. The molecule has 1 atom stereocenters. The molecule has 0 spiro atoms. The van der Waals surface area contributed by atoms with Crippen molar-refractivity contribution < 1.29 is 28.2 Å². The lowest BCUT2D eigenvalue weighted by molar-refractivity contribution is -0.127. The summed E-state index contributed by atoms with van der Waals surface area (Å²) in [5.41, 5.74) is 4.76. The molecular formula is C11H12F2N2O4. The monoisotopic (exact) mass is 274 g/mol. The molecular weight excluding hydrogens is 262 g/mol. The van der Waals surface area contributed by atoms with Crippen LogP contribution in [0.2, 0.25) is 0 Å². The van der Waals surface area contributed by atoms with Gasteiger partial charge in [0, 0.05) is 6.07 Å². The predicted octanol–water partition coefficient (Wildman–Crippen LogP) is -0.694. The minimum atomic E-state index is -1.51. The van der Waals surface area contributed by atoms with Crippen molar-refractivity contribution in [3.8, 4) is 5.75 Å². The number of primary amides is 1. The molecule has 1 aromatic rings. The van der Waals surface area contributed by atoms with E-state index in [1.807, 2.05) is 0 Å². The van der Waals surface area contributed by atoms with Gasteiger partial charge in [0.2, 0.25) is 5.91 Å². The second-order valence-electron chi connectivity index (χ2n) is 3.59. The van der Waals surface area contributed by atoms with Crippen molar-refractivity contribution in [3.63, 3.8) is 0 Å². The number of aliphatic hydroxyl groups excluding tert-OH is 1. The third-order valence-corrected chi connectivity index (χ3v) is 2.07. The molecule has 8 heteroatoms. The van der Waals surface area contributed by atoms with Crippen molar-refractivity contribution in [2.75, 3.05) is 13.2 Å². The quantitative estimate of drug-likeness (QED) is 0.638. The van der Waals surface area contributed by atoms with Crippen LogP contribution in [0.5, 0.6) is 5.75 Å². The first kappa shape index (κ1) is 14.8. The van der Waals surface area contributed by atoms with Crippen molar-refractivity contribution in [2.45, 2.75) is 6.10 Å². The first-order chi connectivity index (χ1) is 8.90. The number of benzene rings is 1. The molecule has 4 N–H and O–H groups in total. The summed E-state index contributed by atoms with van der Waals surface area (Å²) in [6.45, 7) is -0.919. The Balaban J connectivity index is 2.40. The lowest BCUT2D eigenvalue weighted by Crippen LogP contribution is -2.41. The highest BCUT2D eigenvalue weighted by Gasteiger charge is 2.13. The number of rotatable bonds is 6. The molecule has 0 aliphatic carbocycles. The van der Waals surface area contributed by atoms with Gasteiger partial charge >= 0.3 is 0 Å². The van der Waals surface area contributed by atoms with Gasteiger partial charge in [-0.1, -0.05) is 0 Å². The van der Waals surface area contributed by atoms with Gasteiger partial charge in [-0.2, -0.15) is 0 Å². The van der Waals surface area contributed by atoms with Gasteiger partial charge in [0.25, 0.3) is 5.91 Å². The number of ether oxygens (including phenoxy) is 1. The average Bonchev–Trinajstić information content (AvgIpc) is 2.34. The van der Waals surface area contributed by atoms with Gasteiger partial charge in [-0.05, 0) is 12.1 Å². The van der Waals surface area contributed by atoms with E-state index in [9.17, 15) is 18.4 Å². The summed E-state index contributed by atoms with van der Waals surface area (Å²) in [5, 5.41) is 11.2. The molecule has 0 radical (unpaired) electrons. The normalized spacial score (nSPS) is 11.7. The molecule has 0 aromatic heterocycles. The van der Waals surface area contributed by atoms with Gasteiger partial charge in [0.05, 0.1) is 6.54 Å². The van der Waals surface area contributed by atoms with Crippen LogP contribution in [0.4, 0.5) is 8.78 Å². The molecule has 1 unspecified atom stereocenters. The summed E-state index contributed by atoms with van der Waals surface area (Å²) >= 11 is 0. The number of nitrogens with two attached hydrogens (primary N) is 1. The van der Waals surface area contributed by atoms with Gasteiger partial charge < -0.3 is 20.9 Å². The standard InChI is InChI=1S/C11H12F2N2O4/c12-6-1-2-9(7(13)3-6)19-5-10(17)15-4-8(16)11(14)18/h1-3,8,16H,4-5H2,(H2,14,18)(H,15,17). The Morgan fingerprint density at radius 2 is 2.11 bits per heavy atom. The molecule has 19 heavy (non-hydrogen) atoms. The third kappa shape index (κ3) is 4.88. The van der Waals surface area contributed by atoms with Gasteiger partial charge in [-0.15, -0.1) is 0 Å². The maximum Gasteiger partial charge on any atom is 0.258 e. The third-order valence-electron chi connectivity index (χ3n) is 2.07. The Kier molecular flexibility index (Phi) is 5.19. The number of amides is 2. The maximum atomic E-state index is 13.1. The minimum Gasteiger partial charge on any atom is -0.481 e. The van der Waals surface area contributed by atoms with Crippen LogP contribution in [-0.2, 0) is 9.59 Å². The van der Waals surface area contributed by atoms with Crippen LogP contribution in [0.25, 0.3) is 0 Å². The maximum absolute atomic E-state index is 13.1. The molecule has 0 aliphatic rings. The van der Waals surface area contributed by atoms with Crippen LogP contribution >= 0.6 is 0 Å². The zero-order valence-electron chi connectivity index (χ0n) is 9.73. The van der Waals surface area contributed by atoms with E-state index in [1.54, 1.807) is 0 Å². The summed E-state index contributed by atoms with van der Waals surface area (Å²) in [6, 6.07) is 2.63. The molecule has 104 valence electrons. The van der Waals surface area contributed by atoms with E-state index in [-0.39, 0.29) is 12.3 Å². The van der Waals surface area contributed by atoms with Crippen LogP contribution < -0.4 is 15.8 Å². The van der Waals surface area contributed by atoms with E-state index < -0.39 is 36.2 Å². The summed E-state index contributed by atoms with van der Waals surface area (Å²) in [5.74, 6) is -3.66. The largest absolute Gasteiger partial charge is 0.481 e. The first-order valence-electron chi connectivity index (χ1n) is 5.22. The van der Waals surface area contributed by atoms with E-state index >= 15 is 0 Å². The van der Waals surface area contributed by atoms with Crippen molar-refractivity contribution in [1.82, 2.24) is 5.32 Å². The molecule has 1 aromatic carbocycles. The summed E-state index contributed by atoms with van der Waals surface area (Å²) < 4.78 is 30.5. The summed E-state index contributed by atoms with van der Waals surface area (Å²) in [7, 11) is 0. The van der Waals surface area contributed by atoms with Crippen LogP contribution in [0.3, 0.4) is 0 Å². The highest BCUT2D eigenvalue weighted by Crippen LogP contribution is 2.17. The van der Waals surface area contributed by atoms with Gasteiger partial charge in [-0.3, -0.25) is 9.59 Å². The second-order valence-corrected chi connectivity index (χ2v) is 3.59. The summed E-state index contributed by atoms with van der Waals surface area (Å²) in [6.07, 6.45) is -1.51. The number of hydrogen-bond acceptors (Lipinski definition) is 4. The SMILES string of the molecule is NC(=O)C(O)CNC(=O)COc1ccc(F)cc1F. The van der Waals surface area contributed by atoms with Crippen molar-refractivity contribution in [3.05, 3.63) is 29.8 Å². The molecule has 0 saturated heterocycles. The van der Waals surface area contributed by atoms with E-state index in [0.29, 0.717) is 6.07 Å². The van der Waals surface area contributed by atoms with Crippen LogP contribution in [-0.4, -0.2) is 36.2 Å². The smallest absolute Gasteiger partial charge is 0.258 e. The van der Waals surface area contributed by atoms with Gasteiger partial charge in [-0.25, -0.2) is 8.78 Å². The van der Waals surface area contributed by atoms with E-state index in [4.69, 9.17) is 15.6 Å². The van der Waals surface area contributed by atoms with Crippen LogP contribution in [0, 0.1) is 11.6 Å². The Bertz CT molecular complexity index is 482. The molecule has 0 bridgehead atoms. The Hall–Kier alpha value is -2.22. The number of hydrogen-bond donors (Lipinski definition) is 3. The molecule has 1 rings (SSSR count). The molecule has 0 saturated carbocycles. The molecule has 2 amide bonds. The highest BCUT2D eigenvalue weighted by molar-refractivity contribution is 5.81. The number of carbonyl (C=O) groups excluding carboxylic acids is 2. The number of nitrogens with one attached hydrogen (secondary N) is 1. The van der Waals surface area contributed by atoms with Crippen molar-refractivity contribution in [2.24, 2.45) is 5.73 Å². The topological polar surface area (TPSA) is 102 Å². The zero-order chi connectivity index (χ0) is 14.4. The van der Waals surface area contributed by atoms with E-state index in [0.717, 1.165) is 12.1 Å². The molecule has 0 aliphatic heterocycles.